The second-order valence-electron chi connectivity index (χ2n) is 27.2. The van der Waals surface area contributed by atoms with Crippen molar-refractivity contribution in [1.82, 2.24) is 36.8 Å². The molecule has 109 heavy (non-hydrogen) atoms. The van der Waals surface area contributed by atoms with E-state index in [1.54, 1.807) is 26.2 Å². The molecule has 1 aliphatic heterocycles. The Balaban J connectivity index is 0.905. The Hall–Kier alpha value is -5.32. The molecule has 5 aliphatic rings. The lowest BCUT2D eigenvalue weighted by molar-refractivity contribution is -0.203. The number of ketones is 2. The van der Waals surface area contributed by atoms with Gasteiger partial charge in [-0.2, -0.15) is 0 Å². The minimum Gasteiger partial charge on any atom is -0.450 e. The van der Waals surface area contributed by atoms with E-state index in [0.717, 1.165) is 10.5 Å². The number of esters is 1. The van der Waals surface area contributed by atoms with Crippen molar-refractivity contribution in [2.75, 3.05) is 192 Å². The molecule has 618 valence electrons. The lowest BCUT2D eigenvalue weighted by atomic mass is 9.45. The Kier molecular flexibility index (Phi) is 43.3. The van der Waals surface area contributed by atoms with Gasteiger partial charge in [0.1, 0.15) is 40.4 Å². The zero-order chi connectivity index (χ0) is 79.8. The molecule has 4 aliphatic carbocycles. The van der Waals surface area contributed by atoms with Gasteiger partial charge >= 0.3 is 5.97 Å². The van der Waals surface area contributed by atoms with Crippen LogP contribution in [0.2, 0.25) is 0 Å². The number of aliphatic hydroxyl groups excluding tert-OH is 1. The number of unbranched alkanes of at least 4 members (excludes halogenated alkanes) is 1. The lowest BCUT2D eigenvalue weighted by Crippen LogP contribution is -2.69. The fourth-order valence-corrected chi connectivity index (χ4v) is 15.4. The number of imide groups is 1. The predicted octanol–water partition coefficient (Wildman–Crippen LogP) is 2.10. The van der Waals surface area contributed by atoms with E-state index in [4.69, 9.17) is 77.9 Å². The molecule has 3 fully saturated rings. The van der Waals surface area contributed by atoms with Gasteiger partial charge in [-0.1, -0.05) is 39.3 Å². The van der Waals surface area contributed by atoms with Crippen LogP contribution in [-0.4, -0.2) is 302 Å². The van der Waals surface area contributed by atoms with E-state index in [9.17, 15) is 57.8 Å². The molecule has 0 aromatic carbocycles. The number of allylic oxidation sites excluding steroid dienone is 4. The number of ether oxygens (including phenoxy) is 14. The van der Waals surface area contributed by atoms with E-state index >= 15 is 0 Å². The molecule has 0 aromatic heterocycles. The number of Topliss-reactive ketones (excluding diaryl/α,β-unsaturated/α-hetero) is 1. The second-order valence-corrected chi connectivity index (χ2v) is 29.5. The van der Waals surface area contributed by atoms with Crippen LogP contribution in [0.3, 0.4) is 0 Å². The quantitative estimate of drug-likeness (QED) is 0.0151. The van der Waals surface area contributed by atoms with E-state index in [1.807, 2.05) is 20.8 Å². The number of carbonyl (C=O) groups excluding carboxylic acids is 11. The smallest absolute Gasteiger partial charge is 0.306 e. The summed E-state index contributed by atoms with van der Waals surface area (Å²) in [6.07, 6.45) is 5.61. The van der Waals surface area contributed by atoms with E-state index in [-0.39, 0.29) is 97.5 Å². The van der Waals surface area contributed by atoms with Crippen LogP contribution in [0.1, 0.15) is 106 Å². The van der Waals surface area contributed by atoms with E-state index in [0.29, 0.717) is 164 Å². The molecule has 0 saturated heterocycles. The maximum atomic E-state index is 14.6. The van der Waals surface area contributed by atoms with Crippen molar-refractivity contribution in [2.24, 2.45) is 28.6 Å². The van der Waals surface area contributed by atoms with Gasteiger partial charge in [0.15, 0.2) is 11.4 Å². The van der Waals surface area contributed by atoms with Crippen molar-refractivity contribution >= 4 is 108 Å². The van der Waals surface area contributed by atoms with Crippen molar-refractivity contribution in [1.29, 1.82) is 0 Å². The average Bonchev–Trinajstić information content (AvgIpc) is 1.60. The SMILES string of the molecule is CCC(=O)OC1(C(=O)COCNC(=O)CNC(=O)[C@H](C)NC(=O)[C@H](C)NC(=O)[C@H](CCCCNC(=O)CCOCCOCCOCCOCCOCCOCCOCCOCCOCCOCCOCCOC)NC(=O)CCN2C(=O)C(Br)=C(Br)C2=O)[C@@H](C)C[C@H]2[C@@H]3CCC4=CC(=O)C=C[C@]4(C)C3(Cl)[C@@H](O)C[C@@]21C. The molecule has 8 amide bonds. The van der Waals surface area contributed by atoms with Crippen molar-refractivity contribution < 1.29 is 124 Å². The van der Waals surface area contributed by atoms with Crippen LogP contribution in [0, 0.1) is 28.6 Å². The highest BCUT2D eigenvalue weighted by molar-refractivity contribution is 9.14. The number of alkyl halides is 1. The fourth-order valence-electron chi connectivity index (χ4n) is 14.1. The third-order valence-corrected chi connectivity index (χ3v) is 22.8. The Bertz CT molecular complexity index is 3040. The zero-order valence-corrected chi connectivity index (χ0v) is 67.8. The maximum absolute atomic E-state index is 14.6. The van der Waals surface area contributed by atoms with Gasteiger partial charge in [0.05, 0.1) is 169 Å². The molecular weight excluding hydrogens is 1590 g/mol. The fraction of sp³-hybridized carbons (Fsp3) is 0.767. The molecule has 5 rings (SSSR count). The first-order valence-electron chi connectivity index (χ1n) is 37.3. The number of halogens is 3. The molecule has 11 atom stereocenters. The first-order valence-corrected chi connectivity index (χ1v) is 39.3. The molecule has 0 bridgehead atoms. The highest BCUT2D eigenvalue weighted by atomic mass is 79.9. The number of carbonyl (C=O) groups is 11. The minimum absolute atomic E-state index is 0.00699. The summed E-state index contributed by atoms with van der Waals surface area (Å²) in [5.74, 6) is -7.81. The summed E-state index contributed by atoms with van der Waals surface area (Å²) in [5.41, 5.74) is -2.83. The number of aliphatic hydroxyl groups is 1. The number of hydrogen-bond acceptors (Lipinski definition) is 26. The monoisotopic (exact) mass is 1700 g/mol. The van der Waals surface area contributed by atoms with Crippen molar-refractivity contribution in [3.05, 3.63) is 32.8 Å². The average molecular weight is 1700 g/mol. The molecule has 33 nitrogen and oxygen atoms in total. The molecule has 2 unspecified atom stereocenters. The first-order chi connectivity index (χ1) is 52.2. The molecular formula is C73H114Br2ClN7O26. The number of methoxy groups -OCH3 is 1. The van der Waals surface area contributed by atoms with E-state index < -0.39 is 124 Å². The zero-order valence-electron chi connectivity index (χ0n) is 63.9. The highest BCUT2D eigenvalue weighted by Gasteiger charge is 2.76. The maximum Gasteiger partial charge on any atom is 0.306 e. The topological polar surface area (TPSA) is 413 Å². The number of nitrogens with zero attached hydrogens (tertiary/aromatic N) is 1. The third-order valence-electron chi connectivity index (χ3n) is 19.8. The predicted molar refractivity (Wildman–Crippen MR) is 399 cm³/mol. The number of fused-ring (bicyclic) bond motifs is 5. The van der Waals surface area contributed by atoms with Crippen molar-refractivity contribution in [3.8, 4) is 0 Å². The van der Waals surface area contributed by atoms with Crippen LogP contribution >= 0.6 is 43.5 Å². The summed E-state index contributed by atoms with van der Waals surface area (Å²) in [5, 5.41) is 27.4. The largest absolute Gasteiger partial charge is 0.450 e. The number of hydrogen-bond donors (Lipinski definition) is 7. The van der Waals surface area contributed by atoms with Crippen LogP contribution in [0.5, 0.6) is 0 Å². The second kappa shape index (κ2) is 50.0. The van der Waals surface area contributed by atoms with E-state index in [2.05, 4.69) is 63.8 Å². The van der Waals surface area contributed by atoms with Gasteiger partial charge in [-0.25, -0.2) is 0 Å². The summed E-state index contributed by atoms with van der Waals surface area (Å²) in [6, 6.07) is -3.72. The Morgan fingerprint density at radius 3 is 1.60 bits per heavy atom. The molecule has 36 heteroatoms. The number of nitrogens with one attached hydrogen (secondary N) is 6. The minimum atomic E-state index is -1.73. The van der Waals surface area contributed by atoms with Crippen molar-refractivity contribution in [3.63, 3.8) is 0 Å². The Labute approximate surface area is 659 Å². The lowest BCUT2D eigenvalue weighted by Gasteiger charge is -2.64. The Morgan fingerprint density at radius 2 is 1.09 bits per heavy atom. The highest BCUT2D eigenvalue weighted by Crippen LogP contribution is 2.72. The number of rotatable bonds is 59. The number of amides is 8. The van der Waals surface area contributed by atoms with Gasteiger partial charge in [0, 0.05) is 56.2 Å². The molecule has 7 N–H and O–H groups in total. The van der Waals surface area contributed by atoms with Gasteiger partial charge in [-0.15, -0.1) is 11.6 Å². The van der Waals surface area contributed by atoms with Gasteiger partial charge < -0.3 is 103 Å². The summed E-state index contributed by atoms with van der Waals surface area (Å²) >= 11 is 13.7. The summed E-state index contributed by atoms with van der Waals surface area (Å²) in [7, 11) is 1.63. The standard InChI is InChI=1S/C73H114Br2ClN7O26/c1-8-62(90)109-73(49(2)43-55-54-13-12-52-44-53(84)14-17-70(52,5)72(54,76)57(85)45-71(55,73)6)58(86)47-108-48-79-61(89)46-78-65(91)50(3)80-66(92)51(4)81-67(93)56(82-60(88)15-19-83-68(94)63(74)64(75)69(83)95)11-9-10-18-77-59(87)16-20-97-23-24-99-27-28-101-31-32-103-35-36-105-39-40-107-42-41-106-38-37-104-34-33-102-30-29-100-26-25-98-22-21-96-7/h14,17,44,49-51,54-57,85H,8-13,15-16,18-43,45-48H2,1-7H3,(H,77,87)(H,78,91)(H,79,89)(H,80,92)(H,81,93)(H,82,88)/t49-,50-,51-,54-,55-,56-,57-,70-,71-,72?,73?/m0/s1. The molecule has 0 aromatic rings. The molecule has 0 radical (unpaired) electrons. The molecule has 1 heterocycles. The normalized spacial score (nSPS) is 23.6. The van der Waals surface area contributed by atoms with E-state index in [1.165, 1.54) is 19.9 Å². The summed E-state index contributed by atoms with van der Waals surface area (Å²) < 4.78 is 77.1. The molecule has 0 spiro atoms. The van der Waals surface area contributed by atoms with Crippen LogP contribution in [0.15, 0.2) is 32.8 Å². The van der Waals surface area contributed by atoms with Gasteiger partial charge in [0.25, 0.3) is 11.8 Å². The Morgan fingerprint density at radius 1 is 0.606 bits per heavy atom. The van der Waals surface area contributed by atoms with Crippen LogP contribution < -0.4 is 31.9 Å². The van der Waals surface area contributed by atoms with Crippen molar-refractivity contribution in [2.45, 2.75) is 140 Å². The van der Waals surface area contributed by atoms with Crippen LogP contribution in [0.4, 0.5) is 0 Å². The van der Waals surface area contributed by atoms with Gasteiger partial charge in [-0.3, -0.25) is 57.6 Å². The first kappa shape index (κ1) is 94.3. The summed E-state index contributed by atoms with van der Waals surface area (Å²) in [4.78, 5) is 144. The van der Waals surface area contributed by atoms with Gasteiger partial charge in [0.2, 0.25) is 41.2 Å². The van der Waals surface area contributed by atoms with Crippen LogP contribution in [-0.2, 0) is 119 Å². The molecule has 3 saturated carbocycles. The third kappa shape index (κ3) is 28.9. The van der Waals surface area contributed by atoms with Crippen LogP contribution in [0.25, 0.3) is 0 Å². The van der Waals surface area contributed by atoms with Gasteiger partial charge in [-0.05, 0) is 115 Å². The summed E-state index contributed by atoms with van der Waals surface area (Å²) in [6.45, 7) is 17.9.